The second kappa shape index (κ2) is 6.16. The molecule has 1 aromatic carbocycles. The van der Waals surface area contributed by atoms with Gasteiger partial charge in [0, 0.05) is 12.6 Å². The standard InChI is InChI=1S/C15H18N2/c1-17(13-15-9-5-6-11-16-15)12-10-14-7-3-2-4-8-14/h2-9,11H,10,12-13H2,1H3/p+1. The van der Waals surface area contributed by atoms with Crippen molar-refractivity contribution in [2.24, 2.45) is 0 Å². The van der Waals surface area contributed by atoms with E-state index in [1.54, 1.807) is 0 Å². The van der Waals surface area contributed by atoms with Crippen molar-refractivity contribution in [3.8, 4) is 0 Å². The van der Waals surface area contributed by atoms with Crippen molar-refractivity contribution in [1.82, 2.24) is 4.98 Å². The summed E-state index contributed by atoms with van der Waals surface area (Å²) in [5, 5.41) is 0. The number of nitrogens with one attached hydrogen (secondary N) is 1. The van der Waals surface area contributed by atoms with Crippen molar-refractivity contribution in [2.75, 3.05) is 13.6 Å². The smallest absolute Gasteiger partial charge is 0.120 e. The minimum absolute atomic E-state index is 0.994. The van der Waals surface area contributed by atoms with Crippen LogP contribution in [-0.4, -0.2) is 18.6 Å². The highest BCUT2D eigenvalue weighted by molar-refractivity contribution is 5.14. The van der Waals surface area contributed by atoms with E-state index in [0.29, 0.717) is 0 Å². The molecule has 0 fully saturated rings. The lowest BCUT2D eigenvalue weighted by Crippen LogP contribution is -3.07. The largest absolute Gasteiger partial charge is 0.332 e. The molecule has 2 aromatic rings. The Bertz CT molecular complexity index is 425. The molecule has 88 valence electrons. The van der Waals surface area contributed by atoms with Crippen molar-refractivity contribution in [3.63, 3.8) is 0 Å². The number of aromatic nitrogens is 1. The van der Waals surface area contributed by atoms with Gasteiger partial charge >= 0.3 is 0 Å². The van der Waals surface area contributed by atoms with Crippen LogP contribution >= 0.6 is 0 Å². The first-order valence-corrected chi connectivity index (χ1v) is 6.10. The Morgan fingerprint density at radius 1 is 1.00 bits per heavy atom. The summed E-state index contributed by atoms with van der Waals surface area (Å²) in [6.07, 6.45) is 2.99. The first kappa shape index (κ1) is 11.8. The molecule has 2 heteroatoms. The number of likely N-dealkylation sites (N-methyl/N-ethyl adjacent to an activating group) is 1. The molecule has 0 radical (unpaired) electrons. The third kappa shape index (κ3) is 4.00. The van der Waals surface area contributed by atoms with Gasteiger partial charge in [0.2, 0.25) is 0 Å². The van der Waals surface area contributed by atoms with Gasteiger partial charge in [0.15, 0.2) is 0 Å². The Kier molecular flexibility index (Phi) is 4.28. The molecule has 2 nitrogen and oxygen atoms in total. The summed E-state index contributed by atoms with van der Waals surface area (Å²) in [5.74, 6) is 0. The van der Waals surface area contributed by atoms with Crippen LogP contribution < -0.4 is 4.90 Å². The summed E-state index contributed by atoms with van der Waals surface area (Å²) in [5.41, 5.74) is 2.57. The number of benzene rings is 1. The lowest BCUT2D eigenvalue weighted by Gasteiger charge is -2.13. The van der Waals surface area contributed by atoms with E-state index in [0.717, 1.165) is 25.2 Å². The lowest BCUT2D eigenvalue weighted by atomic mass is 10.1. The molecule has 2 rings (SSSR count). The van der Waals surface area contributed by atoms with Crippen LogP contribution in [0.15, 0.2) is 54.7 Å². The van der Waals surface area contributed by atoms with Crippen LogP contribution in [0.25, 0.3) is 0 Å². The normalized spacial score (nSPS) is 12.3. The molecule has 0 aliphatic carbocycles. The van der Waals surface area contributed by atoms with Crippen LogP contribution in [0.5, 0.6) is 0 Å². The van der Waals surface area contributed by atoms with Crippen LogP contribution in [0.4, 0.5) is 0 Å². The maximum absolute atomic E-state index is 4.35. The Hall–Kier alpha value is -1.67. The molecule has 0 spiro atoms. The Labute approximate surface area is 103 Å². The summed E-state index contributed by atoms with van der Waals surface area (Å²) >= 11 is 0. The van der Waals surface area contributed by atoms with Gasteiger partial charge in [0.05, 0.1) is 19.3 Å². The predicted octanol–water partition coefficient (Wildman–Crippen LogP) is 1.34. The molecule has 0 aliphatic rings. The summed E-state index contributed by atoms with van der Waals surface area (Å²) in [4.78, 5) is 5.85. The number of hydrogen-bond donors (Lipinski definition) is 1. The number of pyridine rings is 1. The Morgan fingerprint density at radius 2 is 1.76 bits per heavy atom. The van der Waals surface area contributed by atoms with E-state index in [4.69, 9.17) is 0 Å². The van der Waals surface area contributed by atoms with Crippen molar-refractivity contribution in [3.05, 3.63) is 66.0 Å². The average Bonchev–Trinajstić information content (AvgIpc) is 2.39. The summed E-state index contributed by atoms with van der Waals surface area (Å²) in [6.45, 7) is 2.13. The third-order valence-electron chi connectivity index (χ3n) is 2.89. The topological polar surface area (TPSA) is 17.3 Å². The van der Waals surface area contributed by atoms with Gasteiger partial charge in [0.25, 0.3) is 0 Å². The molecule has 1 aromatic heterocycles. The highest BCUT2D eigenvalue weighted by Crippen LogP contribution is 1.97. The number of rotatable bonds is 5. The van der Waals surface area contributed by atoms with Gasteiger partial charge in [-0.25, -0.2) is 0 Å². The molecule has 0 amide bonds. The second-order valence-corrected chi connectivity index (χ2v) is 4.44. The van der Waals surface area contributed by atoms with E-state index in [2.05, 4.69) is 48.4 Å². The third-order valence-corrected chi connectivity index (χ3v) is 2.89. The monoisotopic (exact) mass is 227 g/mol. The second-order valence-electron chi connectivity index (χ2n) is 4.44. The molecule has 1 unspecified atom stereocenters. The van der Waals surface area contributed by atoms with Crippen molar-refractivity contribution < 1.29 is 4.90 Å². The average molecular weight is 227 g/mol. The fourth-order valence-electron chi connectivity index (χ4n) is 1.90. The van der Waals surface area contributed by atoms with E-state index in [1.165, 1.54) is 10.5 Å². The first-order valence-electron chi connectivity index (χ1n) is 6.10. The zero-order valence-electron chi connectivity index (χ0n) is 10.3. The molecule has 0 saturated heterocycles. The van der Waals surface area contributed by atoms with Crippen LogP contribution in [0.3, 0.4) is 0 Å². The van der Waals surface area contributed by atoms with E-state index in [-0.39, 0.29) is 0 Å². The van der Waals surface area contributed by atoms with E-state index in [9.17, 15) is 0 Å². The molecule has 17 heavy (non-hydrogen) atoms. The molecular weight excluding hydrogens is 208 g/mol. The summed E-state index contributed by atoms with van der Waals surface area (Å²) < 4.78 is 0. The molecule has 0 aliphatic heterocycles. The lowest BCUT2D eigenvalue weighted by molar-refractivity contribution is -0.893. The molecule has 0 saturated carbocycles. The van der Waals surface area contributed by atoms with Crippen LogP contribution in [0.1, 0.15) is 11.3 Å². The van der Waals surface area contributed by atoms with Crippen LogP contribution in [0.2, 0.25) is 0 Å². The van der Waals surface area contributed by atoms with Crippen molar-refractivity contribution in [2.45, 2.75) is 13.0 Å². The highest BCUT2D eigenvalue weighted by atomic mass is 15.1. The van der Waals surface area contributed by atoms with Crippen LogP contribution in [-0.2, 0) is 13.0 Å². The number of nitrogens with zero attached hydrogens (tertiary/aromatic N) is 1. The highest BCUT2D eigenvalue weighted by Gasteiger charge is 2.04. The van der Waals surface area contributed by atoms with E-state index >= 15 is 0 Å². The van der Waals surface area contributed by atoms with Gasteiger partial charge in [0.1, 0.15) is 6.54 Å². The van der Waals surface area contributed by atoms with Gasteiger partial charge < -0.3 is 4.90 Å². The molecule has 1 N–H and O–H groups in total. The first-order chi connectivity index (χ1) is 8.34. The van der Waals surface area contributed by atoms with Crippen molar-refractivity contribution >= 4 is 0 Å². The maximum Gasteiger partial charge on any atom is 0.120 e. The van der Waals surface area contributed by atoms with Gasteiger partial charge in [-0.3, -0.25) is 4.98 Å². The van der Waals surface area contributed by atoms with Gasteiger partial charge in [-0.15, -0.1) is 0 Å². The Balaban J connectivity index is 1.80. The van der Waals surface area contributed by atoms with Crippen molar-refractivity contribution in [1.29, 1.82) is 0 Å². The summed E-state index contributed by atoms with van der Waals surface area (Å²) in [6, 6.07) is 16.7. The SMILES string of the molecule is C[NH+](CCc1ccccc1)Cc1ccccn1. The number of quaternary nitrogens is 1. The number of hydrogen-bond acceptors (Lipinski definition) is 1. The quantitative estimate of drug-likeness (QED) is 0.816. The predicted molar refractivity (Wildman–Crippen MR) is 69.8 cm³/mol. The molecular formula is C15H19N2+. The fourth-order valence-corrected chi connectivity index (χ4v) is 1.90. The zero-order valence-corrected chi connectivity index (χ0v) is 10.3. The minimum Gasteiger partial charge on any atom is -0.332 e. The van der Waals surface area contributed by atoms with Gasteiger partial charge in [-0.1, -0.05) is 36.4 Å². The Morgan fingerprint density at radius 3 is 2.47 bits per heavy atom. The molecule has 1 heterocycles. The molecule has 0 bridgehead atoms. The molecule has 1 atom stereocenters. The van der Waals surface area contributed by atoms with Gasteiger partial charge in [-0.2, -0.15) is 0 Å². The fraction of sp³-hybridized carbons (Fsp3) is 0.267. The zero-order chi connectivity index (χ0) is 11.9. The van der Waals surface area contributed by atoms with Crippen LogP contribution in [0, 0.1) is 0 Å². The van der Waals surface area contributed by atoms with E-state index < -0.39 is 0 Å². The van der Waals surface area contributed by atoms with E-state index in [1.807, 2.05) is 18.3 Å². The summed E-state index contributed by atoms with van der Waals surface area (Å²) in [7, 11) is 2.22. The minimum atomic E-state index is 0.994. The van der Waals surface area contributed by atoms with Gasteiger partial charge in [-0.05, 0) is 17.7 Å². The maximum atomic E-state index is 4.35.